The van der Waals surface area contributed by atoms with E-state index in [2.05, 4.69) is 13.0 Å². The molecular weight excluding hydrogens is 224 g/mol. The first-order valence-electron chi connectivity index (χ1n) is 6.80. The van der Waals surface area contributed by atoms with Gasteiger partial charge in [-0.3, -0.25) is 4.79 Å². The third kappa shape index (κ3) is 2.41. The first kappa shape index (κ1) is 13.1. The van der Waals surface area contributed by atoms with Gasteiger partial charge in [-0.05, 0) is 30.4 Å². The van der Waals surface area contributed by atoms with Gasteiger partial charge in [0.05, 0.1) is 6.04 Å². The lowest BCUT2D eigenvalue weighted by Gasteiger charge is -2.32. The van der Waals surface area contributed by atoms with Gasteiger partial charge in [0, 0.05) is 12.2 Å². The number of amides is 1. The lowest BCUT2D eigenvalue weighted by molar-refractivity contribution is -0.120. The first-order valence-corrected chi connectivity index (χ1v) is 6.80. The van der Waals surface area contributed by atoms with Crippen molar-refractivity contribution in [2.24, 2.45) is 11.7 Å². The largest absolute Gasteiger partial charge is 0.320 e. The van der Waals surface area contributed by atoms with Crippen LogP contribution in [0.2, 0.25) is 0 Å². The standard InChI is InChI=1S/C15H22N2O/c1-3-11(2)14(16)15(18)17-10-6-8-12-7-4-5-9-13(12)17/h4-5,7,9,11,14H,3,6,8,10,16H2,1-2H3/t11-,14-/m0/s1. The van der Waals surface area contributed by atoms with Crippen molar-refractivity contribution in [1.82, 2.24) is 0 Å². The van der Waals surface area contributed by atoms with Crippen molar-refractivity contribution in [2.75, 3.05) is 11.4 Å². The summed E-state index contributed by atoms with van der Waals surface area (Å²) >= 11 is 0. The summed E-state index contributed by atoms with van der Waals surface area (Å²) < 4.78 is 0. The number of hydrogen-bond acceptors (Lipinski definition) is 2. The number of nitrogens with two attached hydrogens (primary N) is 1. The van der Waals surface area contributed by atoms with Gasteiger partial charge in [0.15, 0.2) is 0 Å². The van der Waals surface area contributed by atoms with E-state index in [-0.39, 0.29) is 17.9 Å². The monoisotopic (exact) mass is 246 g/mol. The van der Waals surface area contributed by atoms with Crippen molar-refractivity contribution in [3.63, 3.8) is 0 Å². The number of carbonyl (C=O) groups excluding carboxylic acids is 1. The van der Waals surface area contributed by atoms with Gasteiger partial charge < -0.3 is 10.6 Å². The van der Waals surface area contributed by atoms with Crippen molar-refractivity contribution in [3.8, 4) is 0 Å². The molecule has 3 heteroatoms. The van der Waals surface area contributed by atoms with Crippen LogP contribution in [-0.2, 0) is 11.2 Å². The second-order valence-corrected chi connectivity index (χ2v) is 5.13. The fraction of sp³-hybridized carbons (Fsp3) is 0.533. The van der Waals surface area contributed by atoms with E-state index in [1.54, 1.807) is 0 Å². The maximum absolute atomic E-state index is 12.5. The zero-order valence-electron chi connectivity index (χ0n) is 11.2. The Morgan fingerprint density at radius 1 is 1.44 bits per heavy atom. The fourth-order valence-electron chi connectivity index (χ4n) is 2.44. The molecule has 1 aromatic rings. The molecule has 0 radical (unpaired) electrons. The number of rotatable bonds is 3. The summed E-state index contributed by atoms with van der Waals surface area (Å²) in [7, 11) is 0. The zero-order chi connectivity index (χ0) is 13.1. The van der Waals surface area contributed by atoms with E-state index >= 15 is 0 Å². The summed E-state index contributed by atoms with van der Waals surface area (Å²) in [6, 6.07) is 7.75. The van der Waals surface area contributed by atoms with Gasteiger partial charge in [0.25, 0.3) is 0 Å². The third-order valence-electron chi connectivity index (χ3n) is 3.92. The molecule has 18 heavy (non-hydrogen) atoms. The van der Waals surface area contributed by atoms with E-state index in [4.69, 9.17) is 5.73 Å². The molecule has 3 nitrogen and oxygen atoms in total. The van der Waals surface area contributed by atoms with Crippen LogP contribution in [-0.4, -0.2) is 18.5 Å². The van der Waals surface area contributed by atoms with E-state index in [9.17, 15) is 4.79 Å². The van der Waals surface area contributed by atoms with Crippen molar-refractivity contribution >= 4 is 11.6 Å². The van der Waals surface area contributed by atoms with Crippen LogP contribution in [0.25, 0.3) is 0 Å². The van der Waals surface area contributed by atoms with Gasteiger partial charge in [-0.15, -0.1) is 0 Å². The normalized spacial score (nSPS) is 18.1. The molecule has 1 aromatic carbocycles. The van der Waals surface area contributed by atoms with Crippen LogP contribution in [0.5, 0.6) is 0 Å². The summed E-state index contributed by atoms with van der Waals surface area (Å²) in [5.74, 6) is 0.295. The summed E-state index contributed by atoms with van der Waals surface area (Å²) in [6.07, 6.45) is 3.01. The first-order chi connectivity index (χ1) is 8.65. The van der Waals surface area contributed by atoms with Gasteiger partial charge in [-0.1, -0.05) is 38.5 Å². The van der Waals surface area contributed by atoms with Crippen LogP contribution in [0.15, 0.2) is 24.3 Å². The van der Waals surface area contributed by atoms with Crippen LogP contribution >= 0.6 is 0 Å². The molecule has 2 N–H and O–H groups in total. The van der Waals surface area contributed by atoms with E-state index in [0.29, 0.717) is 0 Å². The lowest BCUT2D eigenvalue weighted by atomic mass is 9.96. The number of carbonyl (C=O) groups is 1. The van der Waals surface area contributed by atoms with Crippen LogP contribution in [0.4, 0.5) is 5.69 Å². The van der Waals surface area contributed by atoms with Crippen LogP contribution < -0.4 is 10.6 Å². The van der Waals surface area contributed by atoms with Crippen molar-refractivity contribution < 1.29 is 4.79 Å². The molecule has 0 aromatic heterocycles. The van der Waals surface area contributed by atoms with E-state index in [1.165, 1.54) is 5.56 Å². The van der Waals surface area contributed by atoms with Gasteiger partial charge in [-0.25, -0.2) is 0 Å². The summed E-state index contributed by atoms with van der Waals surface area (Å²) in [4.78, 5) is 14.3. The third-order valence-corrected chi connectivity index (χ3v) is 3.92. The number of aryl methyl sites for hydroxylation is 1. The molecule has 98 valence electrons. The maximum atomic E-state index is 12.5. The van der Waals surface area contributed by atoms with Crippen LogP contribution in [0, 0.1) is 5.92 Å². The quantitative estimate of drug-likeness (QED) is 0.889. The minimum Gasteiger partial charge on any atom is -0.320 e. The molecule has 1 aliphatic rings. The number of benzene rings is 1. The molecule has 1 heterocycles. The van der Waals surface area contributed by atoms with Gasteiger partial charge in [0.1, 0.15) is 0 Å². The number of para-hydroxylation sites is 1. The molecule has 0 saturated carbocycles. The predicted octanol–water partition coefficient (Wildman–Crippen LogP) is 2.34. The Labute approximate surface area is 109 Å². The van der Waals surface area contributed by atoms with Crippen molar-refractivity contribution in [3.05, 3.63) is 29.8 Å². The predicted molar refractivity (Wildman–Crippen MR) is 74.5 cm³/mol. The van der Waals surface area contributed by atoms with Gasteiger partial charge in [0.2, 0.25) is 5.91 Å². The Morgan fingerprint density at radius 3 is 2.89 bits per heavy atom. The summed E-state index contributed by atoms with van der Waals surface area (Å²) in [5, 5.41) is 0. The second kappa shape index (κ2) is 5.53. The van der Waals surface area contributed by atoms with Crippen molar-refractivity contribution in [2.45, 2.75) is 39.2 Å². The number of anilines is 1. The Morgan fingerprint density at radius 2 is 2.17 bits per heavy atom. The van der Waals surface area contributed by atoms with E-state index in [1.807, 2.05) is 30.0 Å². The molecule has 0 spiro atoms. The van der Waals surface area contributed by atoms with Crippen molar-refractivity contribution in [1.29, 1.82) is 0 Å². The number of fused-ring (bicyclic) bond motifs is 1. The van der Waals surface area contributed by atoms with E-state index in [0.717, 1.165) is 31.5 Å². The zero-order valence-corrected chi connectivity index (χ0v) is 11.2. The molecule has 1 aliphatic heterocycles. The Kier molecular flexibility index (Phi) is 4.02. The highest BCUT2D eigenvalue weighted by Crippen LogP contribution is 2.27. The highest BCUT2D eigenvalue weighted by molar-refractivity contribution is 5.98. The fourth-order valence-corrected chi connectivity index (χ4v) is 2.44. The summed E-state index contributed by atoms with van der Waals surface area (Å²) in [6.45, 7) is 4.90. The molecule has 0 bridgehead atoms. The summed E-state index contributed by atoms with van der Waals surface area (Å²) in [5.41, 5.74) is 8.37. The average Bonchev–Trinajstić information content (AvgIpc) is 2.44. The Bertz CT molecular complexity index is 430. The average molecular weight is 246 g/mol. The SMILES string of the molecule is CC[C@H](C)[C@H](N)C(=O)N1CCCc2ccccc21. The molecule has 2 atom stereocenters. The number of hydrogen-bond donors (Lipinski definition) is 1. The minimum absolute atomic E-state index is 0.0662. The smallest absolute Gasteiger partial charge is 0.244 e. The van der Waals surface area contributed by atoms with Gasteiger partial charge in [-0.2, -0.15) is 0 Å². The molecule has 1 amide bonds. The second-order valence-electron chi connectivity index (χ2n) is 5.13. The lowest BCUT2D eigenvalue weighted by Crippen LogP contribution is -2.48. The van der Waals surface area contributed by atoms with Crippen LogP contribution in [0.3, 0.4) is 0 Å². The minimum atomic E-state index is -0.388. The highest BCUT2D eigenvalue weighted by Gasteiger charge is 2.28. The Hall–Kier alpha value is -1.35. The molecular formula is C15H22N2O. The molecule has 0 aliphatic carbocycles. The number of nitrogens with zero attached hydrogens (tertiary/aromatic N) is 1. The molecule has 0 fully saturated rings. The molecule has 0 unspecified atom stereocenters. The van der Waals surface area contributed by atoms with E-state index < -0.39 is 0 Å². The van der Waals surface area contributed by atoms with Gasteiger partial charge >= 0.3 is 0 Å². The van der Waals surface area contributed by atoms with Crippen LogP contribution in [0.1, 0.15) is 32.3 Å². The topological polar surface area (TPSA) is 46.3 Å². The molecule has 2 rings (SSSR count). The highest BCUT2D eigenvalue weighted by atomic mass is 16.2. The Balaban J connectivity index is 2.22. The maximum Gasteiger partial charge on any atom is 0.244 e. The molecule has 0 saturated heterocycles.